The van der Waals surface area contributed by atoms with Crippen LogP contribution < -0.4 is 0 Å². The largest absolute Gasteiger partial charge is 0.368 e. The molecule has 0 N–H and O–H groups in total. The molecule has 1 aromatic heterocycles. The third-order valence-electron chi connectivity index (χ3n) is 2.90. The van der Waals surface area contributed by atoms with E-state index in [1.54, 1.807) is 11.3 Å². The number of aryl methyl sites for hydroxylation is 1. The molecule has 100 valence electrons. The van der Waals surface area contributed by atoms with Gasteiger partial charge in [0.2, 0.25) is 0 Å². The summed E-state index contributed by atoms with van der Waals surface area (Å²) in [6.07, 6.45) is 1.82. The highest BCUT2D eigenvalue weighted by Crippen LogP contribution is 2.29. The van der Waals surface area contributed by atoms with Crippen molar-refractivity contribution < 1.29 is 9.63 Å². The average molecular weight is 348 g/mol. The lowest BCUT2D eigenvalue weighted by Gasteiger charge is -1.98. The number of halogens is 1. The summed E-state index contributed by atoms with van der Waals surface area (Å²) < 4.78 is 1.04. The lowest BCUT2D eigenvalue weighted by atomic mass is 10.0. The van der Waals surface area contributed by atoms with Crippen LogP contribution in [-0.4, -0.2) is 11.7 Å². The Morgan fingerprint density at radius 2 is 2.05 bits per heavy atom. The lowest BCUT2D eigenvalue weighted by molar-refractivity contribution is -0.136. The number of thiophene rings is 1. The van der Waals surface area contributed by atoms with Crippen LogP contribution in [0.25, 0.3) is 6.08 Å². The van der Waals surface area contributed by atoms with Crippen LogP contribution in [-0.2, 0) is 9.63 Å². The number of hydrogen-bond donors (Lipinski definition) is 0. The third-order valence-corrected chi connectivity index (χ3v) is 4.99. The molecule has 0 atom stereocenters. The molecule has 2 aromatic rings. The minimum Gasteiger partial charge on any atom is -0.312 e. The van der Waals surface area contributed by atoms with Crippen molar-refractivity contribution in [1.82, 2.24) is 0 Å². The van der Waals surface area contributed by atoms with E-state index in [9.17, 15) is 4.79 Å². The molecule has 5 heteroatoms. The van der Waals surface area contributed by atoms with Crippen LogP contribution in [0.2, 0.25) is 0 Å². The molecule has 0 saturated carbocycles. The fourth-order valence-electron chi connectivity index (χ4n) is 1.91. The van der Waals surface area contributed by atoms with E-state index in [1.807, 2.05) is 49.4 Å². The van der Waals surface area contributed by atoms with Gasteiger partial charge in [-0.1, -0.05) is 35.5 Å². The Bertz CT molecular complexity index is 712. The second kappa shape index (κ2) is 5.34. The van der Waals surface area contributed by atoms with Crippen LogP contribution in [0.15, 0.2) is 51.6 Å². The number of benzene rings is 1. The Balaban J connectivity index is 2.02. The van der Waals surface area contributed by atoms with Gasteiger partial charge >= 0.3 is 5.97 Å². The summed E-state index contributed by atoms with van der Waals surface area (Å²) in [5.74, 6) is -0.411. The van der Waals surface area contributed by atoms with Crippen molar-refractivity contribution in [2.24, 2.45) is 5.16 Å². The number of rotatable bonds is 2. The Labute approximate surface area is 128 Å². The van der Waals surface area contributed by atoms with Gasteiger partial charge in [-0.05, 0) is 35.0 Å². The van der Waals surface area contributed by atoms with Gasteiger partial charge < -0.3 is 4.84 Å². The van der Waals surface area contributed by atoms with Crippen LogP contribution in [0.3, 0.4) is 0 Å². The van der Waals surface area contributed by atoms with Gasteiger partial charge in [0.05, 0.1) is 5.57 Å². The zero-order valence-electron chi connectivity index (χ0n) is 10.6. The van der Waals surface area contributed by atoms with Gasteiger partial charge in [0, 0.05) is 19.8 Å². The fourth-order valence-corrected chi connectivity index (χ4v) is 3.41. The van der Waals surface area contributed by atoms with Crippen LogP contribution in [0.4, 0.5) is 0 Å². The third kappa shape index (κ3) is 2.46. The van der Waals surface area contributed by atoms with E-state index in [1.165, 1.54) is 4.88 Å². The first-order valence-electron chi connectivity index (χ1n) is 5.98. The molecule has 1 aliphatic heterocycles. The molecular formula is C15H10BrNO2S. The summed E-state index contributed by atoms with van der Waals surface area (Å²) in [4.78, 5) is 18.8. The maximum absolute atomic E-state index is 11.8. The summed E-state index contributed by atoms with van der Waals surface area (Å²) in [6, 6.07) is 11.5. The zero-order valence-corrected chi connectivity index (χ0v) is 13.0. The van der Waals surface area contributed by atoms with Crippen molar-refractivity contribution in [2.75, 3.05) is 0 Å². The number of oxime groups is 1. The number of hydrogen-bond acceptors (Lipinski definition) is 4. The number of carbonyl (C=O) groups excluding carboxylic acids is 1. The SMILES string of the molecule is Cc1sc(C=C2C(=O)ON=C2c2ccccc2)cc1Br. The normalized spacial score (nSPS) is 16.4. The molecule has 3 nitrogen and oxygen atoms in total. The quantitative estimate of drug-likeness (QED) is 0.604. The predicted octanol–water partition coefficient (Wildman–Crippen LogP) is 4.16. The standard InChI is InChI=1S/C15H10BrNO2S/c1-9-13(16)8-11(20-9)7-12-14(17-19-15(12)18)10-5-3-2-4-6-10/h2-8H,1H3. The second-order valence-corrected chi connectivity index (χ2v) is 6.44. The molecule has 0 radical (unpaired) electrons. The van der Waals surface area contributed by atoms with E-state index in [0.29, 0.717) is 11.3 Å². The molecule has 0 unspecified atom stereocenters. The van der Waals surface area contributed by atoms with Crippen LogP contribution in [0.5, 0.6) is 0 Å². The minimum atomic E-state index is -0.411. The molecule has 2 heterocycles. The van der Waals surface area contributed by atoms with Crippen molar-refractivity contribution in [3.05, 3.63) is 61.8 Å². The van der Waals surface area contributed by atoms with Crippen molar-refractivity contribution in [1.29, 1.82) is 0 Å². The van der Waals surface area contributed by atoms with Gasteiger partial charge in [-0.25, -0.2) is 4.79 Å². The van der Waals surface area contributed by atoms with Gasteiger partial charge in [0.1, 0.15) is 5.71 Å². The summed E-state index contributed by atoms with van der Waals surface area (Å²) in [5.41, 5.74) is 1.94. The van der Waals surface area contributed by atoms with Gasteiger partial charge in [0.25, 0.3) is 0 Å². The molecule has 3 rings (SSSR count). The van der Waals surface area contributed by atoms with Gasteiger partial charge in [-0.15, -0.1) is 11.3 Å². The van der Waals surface area contributed by atoms with Crippen LogP contribution in [0.1, 0.15) is 15.3 Å². The molecule has 0 bridgehead atoms. The molecule has 0 saturated heterocycles. The van der Waals surface area contributed by atoms with E-state index in [0.717, 1.165) is 14.9 Å². The monoisotopic (exact) mass is 347 g/mol. The molecule has 20 heavy (non-hydrogen) atoms. The molecule has 0 amide bonds. The highest BCUT2D eigenvalue weighted by molar-refractivity contribution is 9.10. The predicted molar refractivity (Wildman–Crippen MR) is 83.8 cm³/mol. The molecule has 1 aliphatic rings. The molecule has 1 aromatic carbocycles. The topological polar surface area (TPSA) is 38.7 Å². The summed E-state index contributed by atoms with van der Waals surface area (Å²) in [6.45, 7) is 2.02. The van der Waals surface area contributed by atoms with Crippen molar-refractivity contribution >= 4 is 45.0 Å². The molecule has 0 fully saturated rings. The van der Waals surface area contributed by atoms with E-state index < -0.39 is 5.97 Å². The van der Waals surface area contributed by atoms with E-state index in [4.69, 9.17) is 4.84 Å². The minimum absolute atomic E-state index is 0.411. The summed E-state index contributed by atoms with van der Waals surface area (Å²) >= 11 is 5.09. The van der Waals surface area contributed by atoms with Gasteiger partial charge in [-0.2, -0.15) is 0 Å². The Hall–Kier alpha value is -1.72. The van der Waals surface area contributed by atoms with Gasteiger partial charge in [0.15, 0.2) is 0 Å². The number of nitrogens with zero attached hydrogens (tertiary/aromatic N) is 1. The fraction of sp³-hybridized carbons (Fsp3) is 0.0667. The van der Waals surface area contributed by atoms with E-state index in [-0.39, 0.29) is 0 Å². The zero-order chi connectivity index (χ0) is 14.1. The molecule has 0 spiro atoms. The number of carbonyl (C=O) groups is 1. The Morgan fingerprint density at radius 3 is 2.70 bits per heavy atom. The average Bonchev–Trinajstić information content (AvgIpc) is 2.96. The first-order chi connectivity index (χ1) is 9.65. The lowest BCUT2D eigenvalue weighted by Crippen LogP contribution is -2.06. The maximum Gasteiger partial charge on any atom is 0.368 e. The first-order valence-corrected chi connectivity index (χ1v) is 7.59. The van der Waals surface area contributed by atoms with Crippen molar-refractivity contribution in [3.63, 3.8) is 0 Å². The van der Waals surface area contributed by atoms with Crippen molar-refractivity contribution in [3.8, 4) is 0 Å². The molecular weight excluding hydrogens is 338 g/mol. The maximum atomic E-state index is 11.8. The van der Waals surface area contributed by atoms with Crippen LogP contribution >= 0.6 is 27.3 Å². The Kier molecular flexibility index (Phi) is 3.54. The van der Waals surface area contributed by atoms with Gasteiger partial charge in [-0.3, -0.25) is 0 Å². The summed E-state index contributed by atoms with van der Waals surface area (Å²) in [5, 5.41) is 3.89. The Morgan fingerprint density at radius 1 is 1.30 bits per heavy atom. The molecule has 0 aliphatic carbocycles. The van der Waals surface area contributed by atoms with E-state index in [2.05, 4.69) is 21.1 Å². The van der Waals surface area contributed by atoms with Crippen molar-refractivity contribution in [2.45, 2.75) is 6.92 Å². The van der Waals surface area contributed by atoms with E-state index >= 15 is 0 Å². The highest BCUT2D eigenvalue weighted by Gasteiger charge is 2.26. The van der Waals surface area contributed by atoms with Crippen LogP contribution in [0, 0.1) is 6.92 Å². The first kappa shape index (κ1) is 13.3. The summed E-state index contributed by atoms with van der Waals surface area (Å²) in [7, 11) is 0. The highest BCUT2D eigenvalue weighted by atomic mass is 79.9. The smallest absolute Gasteiger partial charge is 0.312 e. The second-order valence-electron chi connectivity index (χ2n) is 4.30.